The summed E-state index contributed by atoms with van der Waals surface area (Å²) in [6.07, 6.45) is 2.61. The molecule has 44 nitrogen and oxygen atoms in total. The van der Waals surface area contributed by atoms with E-state index in [1.165, 1.54) is 45.0 Å². The molecule has 6 aromatic rings. The predicted molar refractivity (Wildman–Crippen MR) is 499 cm³/mol. The van der Waals surface area contributed by atoms with Crippen molar-refractivity contribution in [2.75, 3.05) is 26.2 Å². The average molecular weight is 1880 g/mol. The Morgan fingerprint density at radius 3 is 1.25 bits per heavy atom. The van der Waals surface area contributed by atoms with E-state index in [0.717, 1.165) is 0 Å². The maximum atomic E-state index is 15.4. The van der Waals surface area contributed by atoms with Crippen molar-refractivity contribution in [2.45, 2.75) is 248 Å². The number of phenols is 1. The zero-order chi connectivity index (χ0) is 99.7. The Hall–Kier alpha value is -14.1. The summed E-state index contributed by atoms with van der Waals surface area (Å²) < 4.78 is 0. The molecule has 0 radical (unpaired) electrons. The molecule has 0 bridgehead atoms. The number of aliphatic carboxylic acids is 1. The quantitative estimate of drug-likeness (QED) is 0.0101. The second-order valence-corrected chi connectivity index (χ2v) is 33.8. The van der Waals surface area contributed by atoms with E-state index in [4.69, 9.17) is 39.8 Å². The molecule has 0 spiro atoms. The topological polar surface area (TPSA) is 743 Å². The molecule has 33 N–H and O–H groups in total. The van der Waals surface area contributed by atoms with Gasteiger partial charge in [0.05, 0.1) is 19.1 Å². The van der Waals surface area contributed by atoms with Crippen LogP contribution in [0.4, 0.5) is 0 Å². The summed E-state index contributed by atoms with van der Waals surface area (Å²) in [7, 11) is 0. The van der Waals surface area contributed by atoms with Gasteiger partial charge in [-0.2, -0.15) is 0 Å². The molecule has 0 fully saturated rings. The van der Waals surface area contributed by atoms with Crippen molar-refractivity contribution in [3.05, 3.63) is 138 Å². The van der Waals surface area contributed by atoms with Crippen molar-refractivity contribution >= 4 is 128 Å². The van der Waals surface area contributed by atoms with Crippen molar-refractivity contribution in [2.24, 2.45) is 46.2 Å². The van der Waals surface area contributed by atoms with Crippen molar-refractivity contribution in [3.63, 3.8) is 0 Å². The number of hydrogen-bond acceptors (Lipinski definition) is 23. The second-order valence-electron chi connectivity index (χ2n) is 33.8. The molecular weight excluding hydrogens is 1750 g/mol. The number of nitrogens with one attached hydrogen (secondary N) is 18. The van der Waals surface area contributed by atoms with Gasteiger partial charge < -0.3 is 139 Å². The largest absolute Gasteiger partial charge is 0.508 e. The number of carboxylic acids is 1. The molecule has 2 aromatic heterocycles. The molecular formula is C91H132N24O20. The van der Waals surface area contributed by atoms with E-state index >= 15 is 14.4 Å². The summed E-state index contributed by atoms with van der Waals surface area (Å²) in [5, 5.41) is 77.4. The van der Waals surface area contributed by atoms with Crippen LogP contribution >= 0.6 is 0 Å². The summed E-state index contributed by atoms with van der Waals surface area (Å²) in [6, 6.07) is 5.77. The smallest absolute Gasteiger partial charge is 0.326 e. The summed E-state index contributed by atoms with van der Waals surface area (Å²) in [5.74, 6) is -18.0. The molecule has 44 heteroatoms. The molecule has 16 atom stereocenters. The molecule has 16 amide bonds. The molecule has 0 aliphatic heterocycles. The summed E-state index contributed by atoms with van der Waals surface area (Å²) in [5.41, 5.74) is 37.2. The zero-order valence-corrected chi connectivity index (χ0v) is 76.9. The van der Waals surface area contributed by atoms with Gasteiger partial charge in [0, 0.05) is 72.8 Å². The number of amides is 16. The highest BCUT2D eigenvalue weighted by molar-refractivity contribution is 6.02. The third kappa shape index (κ3) is 36.4. The lowest BCUT2D eigenvalue weighted by molar-refractivity contribution is -0.143. The first-order chi connectivity index (χ1) is 64.1. The minimum atomic E-state index is -1.80. The Morgan fingerprint density at radius 2 is 0.778 bits per heavy atom. The number of H-pyrrole nitrogens is 2. The van der Waals surface area contributed by atoms with Gasteiger partial charge in [0.2, 0.25) is 94.5 Å². The third-order valence-corrected chi connectivity index (χ3v) is 22.4. The lowest BCUT2D eigenvalue weighted by Crippen LogP contribution is -2.61. The number of carbonyl (C=O) groups is 17. The van der Waals surface area contributed by atoms with Gasteiger partial charge in [-0.3, -0.25) is 82.1 Å². The molecule has 135 heavy (non-hydrogen) atoms. The van der Waals surface area contributed by atoms with Crippen molar-refractivity contribution in [1.29, 1.82) is 5.41 Å². The van der Waals surface area contributed by atoms with Crippen LogP contribution in [0.25, 0.3) is 21.8 Å². The second kappa shape index (κ2) is 55.4. The number of fused-ring (bicyclic) bond motifs is 2. The first kappa shape index (κ1) is 110. The van der Waals surface area contributed by atoms with Crippen LogP contribution in [0.1, 0.15) is 154 Å². The van der Waals surface area contributed by atoms with Gasteiger partial charge >= 0.3 is 5.97 Å². The summed E-state index contributed by atoms with van der Waals surface area (Å²) >= 11 is 0. The molecule has 0 unspecified atom stereocenters. The van der Waals surface area contributed by atoms with Crippen LogP contribution in [0.15, 0.2) is 116 Å². The lowest BCUT2D eigenvalue weighted by Gasteiger charge is -2.29. The number of benzene rings is 4. The van der Waals surface area contributed by atoms with Gasteiger partial charge in [0.15, 0.2) is 5.96 Å². The molecule has 4 aromatic carbocycles. The number of unbranched alkanes of at least 4 members (excludes halogenated alkanes) is 2. The molecule has 0 aliphatic carbocycles. The standard InChI is InChI=1S/C91H132N24O20/c1-8-49(4)75(115-87(131)70(43-56-46-101-62-27-15-13-24-59(56)62)113-85(129)67(40-53-21-10-9-11-22-53)112-84(128)68(41-54-30-32-57(117)33-31-54)111-81(125)64(34-35-73(95)118)106-79(123)60(94)25-20-38-99-91(97)98)89(133)104-52(7)78(122)108-69(42-55-45-100-61-26-14-12-23-58(55)61)83(127)103-50(5)76(120)105-63(28-16-18-36-92)80(124)110-66(39-48(2)3)82(126)102-51(6)77(121)109-71(44-74(96)119)86(130)114-72(47-116)88(132)107-65(90(134)135)29-17-19-37-93/h9-15,21-24,26-27,30-33,45-46,48-52,60,63-72,75,100-101,116-117H,8,16-20,25,28-29,34-44,47,92-94H2,1-7H3,(H2,95,118)(H2,96,119)(H,102,126)(H,103,127)(H,104,133)(H,105,120)(H,106,123)(H,107,132)(H,108,122)(H,109,121)(H,110,124)(H,111,125)(H,112,128)(H,113,129)(H,114,130)(H,115,131)(H,134,135)(H4,97,98,99)/t49-,50-,51-,52-,60-,63-,64-,65-,66-,67-,68-,69-,70-,71-,72-,75-/m0/s1. The van der Waals surface area contributed by atoms with Crippen LogP contribution in [-0.4, -0.2) is 249 Å². The Balaban J connectivity index is 1.22. The van der Waals surface area contributed by atoms with Gasteiger partial charge in [-0.05, 0) is 156 Å². The maximum Gasteiger partial charge on any atom is 0.326 e. The number of para-hydroxylation sites is 2. The Kier molecular flexibility index (Phi) is 45.0. The normalized spacial score (nSPS) is 14.8. The number of carbonyl (C=O) groups excluding carboxylic acids is 16. The number of primary amides is 2. The fourth-order valence-corrected chi connectivity index (χ4v) is 14.5. The number of rotatable bonds is 59. The van der Waals surface area contributed by atoms with E-state index in [0.29, 0.717) is 63.3 Å². The molecule has 6 rings (SSSR count). The minimum Gasteiger partial charge on any atom is -0.508 e. The van der Waals surface area contributed by atoms with Gasteiger partial charge in [-0.1, -0.05) is 113 Å². The van der Waals surface area contributed by atoms with Crippen LogP contribution in [0.2, 0.25) is 0 Å². The fourth-order valence-electron chi connectivity index (χ4n) is 14.5. The number of guanidine groups is 1. The Morgan fingerprint density at radius 1 is 0.393 bits per heavy atom. The molecule has 0 saturated heterocycles. The zero-order valence-electron chi connectivity index (χ0n) is 76.9. The Bertz CT molecular complexity index is 5050. The van der Waals surface area contributed by atoms with Gasteiger partial charge in [-0.25, -0.2) is 4.79 Å². The SMILES string of the molecule is CC[C@H](C)[C@H](NC(=O)[C@H](Cc1c[nH]c2ccccc12)NC(=O)[C@H](Cc1ccccc1)NC(=O)[C@H](Cc1ccc(O)cc1)NC(=O)[C@H](CCC(N)=O)NC(=O)[C@@H](N)CCCNC(=N)N)C(=O)N[C@@H](C)C(=O)N[C@@H](Cc1c[nH]c2ccccc12)C(=O)N[C@@H](C)C(=O)N[C@@H](CCCCN)C(=O)N[C@@H](CC(C)C)C(=O)N[C@@H](C)C(=O)N[C@@H](CC(N)=O)C(=O)N[C@@H](CO)C(=O)N[C@@H](CCCCN)C(=O)O. The van der Waals surface area contributed by atoms with Crippen molar-refractivity contribution in [3.8, 4) is 5.75 Å². The average Bonchev–Trinajstić information content (AvgIpc) is 1.71. The van der Waals surface area contributed by atoms with Gasteiger partial charge in [0.1, 0.15) is 90.3 Å². The number of carboxylic acid groups (broad SMARTS) is 1. The number of aliphatic hydroxyl groups is 1. The first-order valence-corrected chi connectivity index (χ1v) is 44.9. The summed E-state index contributed by atoms with van der Waals surface area (Å²) in [6.45, 7) is 10.3. The maximum absolute atomic E-state index is 15.4. The third-order valence-electron chi connectivity index (χ3n) is 22.4. The molecule has 0 aliphatic rings. The van der Waals surface area contributed by atoms with E-state index in [9.17, 15) is 82.4 Å². The van der Waals surface area contributed by atoms with Crippen molar-refractivity contribution in [1.82, 2.24) is 89.7 Å². The van der Waals surface area contributed by atoms with E-state index in [-0.39, 0.29) is 114 Å². The van der Waals surface area contributed by atoms with Crippen LogP contribution in [0.3, 0.4) is 0 Å². The van der Waals surface area contributed by atoms with E-state index in [1.54, 1.807) is 119 Å². The number of hydrogen-bond donors (Lipinski definition) is 27. The van der Waals surface area contributed by atoms with Crippen LogP contribution in [0.5, 0.6) is 5.75 Å². The highest BCUT2D eigenvalue weighted by Gasteiger charge is 2.40. The van der Waals surface area contributed by atoms with Crippen LogP contribution < -0.4 is 114 Å². The summed E-state index contributed by atoms with van der Waals surface area (Å²) in [4.78, 5) is 244. The van der Waals surface area contributed by atoms with Crippen LogP contribution in [0, 0.1) is 17.2 Å². The highest BCUT2D eigenvalue weighted by Crippen LogP contribution is 2.23. The van der Waals surface area contributed by atoms with Crippen molar-refractivity contribution < 1.29 is 96.8 Å². The van der Waals surface area contributed by atoms with E-state index < -0.39 is 216 Å². The van der Waals surface area contributed by atoms with Gasteiger partial charge in [-0.15, -0.1) is 0 Å². The van der Waals surface area contributed by atoms with Gasteiger partial charge in [0.25, 0.3) is 0 Å². The number of aromatic nitrogens is 2. The van der Waals surface area contributed by atoms with Crippen LogP contribution in [-0.2, 0) is 107 Å². The highest BCUT2D eigenvalue weighted by atomic mass is 16.4. The predicted octanol–water partition coefficient (Wildman–Crippen LogP) is -3.37. The number of aliphatic hydroxyl groups excluding tert-OH is 1. The van der Waals surface area contributed by atoms with E-state index in [1.807, 2.05) is 0 Å². The fraction of sp³-hybridized carbons (Fsp3) is 0.495. The molecule has 736 valence electrons. The molecule has 0 saturated carbocycles. The number of aromatic amines is 2. The number of phenolic OH excluding ortho intramolecular Hbond substituents is 1. The van der Waals surface area contributed by atoms with E-state index in [2.05, 4.69) is 89.7 Å². The molecule has 2 heterocycles. The number of nitrogens with two attached hydrogens (primary N) is 6. The first-order valence-electron chi connectivity index (χ1n) is 44.9. The Labute approximate surface area is 780 Å². The minimum absolute atomic E-state index is 0.0351. The monoisotopic (exact) mass is 1880 g/mol. The lowest BCUT2D eigenvalue weighted by atomic mass is 9.96. The number of aromatic hydroxyl groups is 1.